The van der Waals surface area contributed by atoms with Crippen LogP contribution in [-0.2, 0) is 16.1 Å². The highest BCUT2D eigenvalue weighted by Gasteiger charge is 2.14. The van der Waals surface area contributed by atoms with E-state index >= 15 is 0 Å². The van der Waals surface area contributed by atoms with Gasteiger partial charge in [-0.1, -0.05) is 0 Å². The van der Waals surface area contributed by atoms with Crippen LogP contribution in [0.2, 0.25) is 0 Å². The first-order valence-electron chi connectivity index (χ1n) is 6.17. The van der Waals surface area contributed by atoms with E-state index in [0.29, 0.717) is 18.2 Å². The van der Waals surface area contributed by atoms with Gasteiger partial charge in [0.05, 0.1) is 11.7 Å². The molecule has 19 heavy (non-hydrogen) atoms. The topological polar surface area (TPSA) is 74.3 Å². The van der Waals surface area contributed by atoms with Crippen molar-refractivity contribution in [2.45, 2.75) is 33.4 Å². The average Bonchev–Trinajstić information content (AvgIpc) is 2.84. The van der Waals surface area contributed by atoms with Crippen LogP contribution in [0.4, 0.5) is 5.13 Å². The van der Waals surface area contributed by atoms with E-state index in [1.165, 1.54) is 18.3 Å². The molecule has 1 aromatic heterocycles. The summed E-state index contributed by atoms with van der Waals surface area (Å²) in [7, 11) is 1.60. The minimum Gasteiger partial charge on any atom is -0.358 e. The van der Waals surface area contributed by atoms with Gasteiger partial charge in [0.15, 0.2) is 5.13 Å². The van der Waals surface area contributed by atoms with E-state index < -0.39 is 0 Å². The lowest BCUT2D eigenvalue weighted by atomic mass is 10.3. The first-order valence-corrected chi connectivity index (χ1v) is 7.05. The molecule has 2 amide bonds. The molecule has 2 N–H and O–H groups in total. The summed E-state index contributed by atoms with van der Waals surface area (Å²) in [4.78, 5) is 28.8. The lowest BCUT2D eigenvalue weighted by Gasteiger charge is -2.14. The molecular formula is C12H20N4O2S. The van der Waals surface area contributed by atoms with Crippen LogP contribution in [-0.4, -0.2) is 36.4 Å². The van der Waals surface area contributed by atoms with E-state index in [-0.39, 0.29) is 17.9 Å². The van der Waals surface area contributed by atoms with Gasteiger partial charge in [0.1, 0.15) is 0 Å². The van der Waals surface area contributed by atoms with Crippen LogP contribution in [0.25, 0.3) is 0 Å². The number of hydrogen-bond acceptors (Lipinski definition) is 5. The maximum atomic E-state index is 11.4. The van der Waals surface area contributed by atoms with Crippen LogP contribution in [0.15, 0.2) is 5.38 Å². The van der Waals surface area contributed by atoms with Crippen molar-refractivity contribution in [2.24, 2.45) is 0 Å². The van der Waals surface area contributed by atoms with Crippen LogP contribution in [0.3, 0.4) is 0 Å². The van der Waals surface area contributed by atoms with Crippen molar-refractivity contribution in [2.75, 3.05) is 18.5 Å². The van der Waals surface area contributed by atoms with Crippen molar-refractivity contribution in [1.82, 2.24) is 15.6 Å². The number of amides is 2. The molecular weight excluding hydrogens is 264 g/mol. The minimum atomic E-state index is -0.273. The summed E-state index contributed by atoms with van der Waals surface area (Å²) in [5.74, 6) is -0.0792. The number of rotatable bonds is 6. The average molecular weight is 284 g/mol. The number of carbonyl (C=O) groups excluding carboxylic acids is 2. The zero-order valence-corrected chi connectivity index (χ0v) is 12.5. The van der Waals surface area contributed by atoms with E-state index in [9.17, 15) is 9.59 Å². The quantitative estimate of drug-likeness (QED) is 0.808. The van der Waals surface area contributed by atoms with Crippen LogP contribution in [0, 0.1) is 0 Å². The normalized spacial score (nSPS) is 12.0. The molecule has 0 saturated heterocycles. The molecule has 1 heterocycles. The number of aromatic nitrogens is 1. The van der Waals surface area contributed by atoms with Crippen LogP contribution in [0.1, 0.15) is 26.5 Å². The molecule has 1 rings (SSSR count). The van der Waals surface area contributed by atoms with E-state index in [1.807, 2.05) is 12.3 Å². The van der Waals surface area contributed by atoms with Crippen LogP contribution < -0.4 is 15.5 Å². The third-order valence-electron chi connectivity index (χ3n) is 2.70. The number of anilines is 1. The van der Waals surface area contributed by atoms with Gasteiger partial charge in [0.2, 0.25) is 11.8 Å². The Kier molecular flexibility index (Phi) is 5.91. The van der Waals surface area contributed by atoms with Crippen molar-refractivity contribution in [3.8, 4) is 0 Å². The monoisotopic (exact) mass is 284 g/mol. The van der Waals surface area contributed by atoms with Gasteiger partial charge in [-0.2, -0.15) is 0 Å². The summed E-state index contributed by atoms with van der Waals surface area (Å²) >= 11 is 1.43. The molecule has 6 nitrogen and oxygen atoms in total. The number of likely N-dealkylation sites (N-methyl/N-ethyl adjacent to an activating group) is 1. The van der Waals surface area contributed by atoms with Crippen molar-refractivity contribution >= 4 is 28.3 Å². The Bertz CT molecular complexity index is 447. The molecule has 0 aromatic carbocycles. The zero-order chi connectivity index (χ0) is 14.4. The van der Waals surface area contributed by atoms with Crippen LogP contribution >= 0.6 is 11.3 Å². The Hall–Kier alpha value is -1.47. The highest BCUT2D eigenvalue weighted by atomic mass is 32.1. The first kappa shape index (κ1) is 15.6. The van der Waals surface area contributed by atoms with Crippen molar-refractivity contribution in [1.29, 1.82) is 0 Å². The van der Waals surface area contributed by atoms with E-state index in [2.05, 4.69) is 15.6 Å². The predicted molar refractivity (Wildman–Crippen MR) is 76.2 cm³/mol. The molecule has 1 aromatic rings. The van der Waals surface area contributed by atoms with Gasteiger partial charge in [0.25, 0.3) is 0 Å². The Balaban J connectivity index is 2.60. The molecule has 0 fully saturated rings. The molecule has 0 aliphatic heterocycles. The molecule has 0 aliphatic carbocycles. The molecule has 0 spiro atoms. The van der Waals surface area contributed by atoms with Crippen molar-refractivity contribution in [3.05, 3.63) is 11.1 Å². The Morgan fingerprint density at radius 1 is 1.53 bits per heavy atom. The van der Waals surface area contributed by atoms with Gasteiger partial charge in [-0.25, -0.2) is 4.98 Å². The maximum Gasteiger partial charge on any atom is 0.236 e. The summed E-state index contributed by atoms with van der Waals surface area (Å²) < 4.78 is 0. The molecule has 0 bridgehead atoms. The highest BCUT2D eigenvalue weighted by molar-refractivity contribution is 7.14. The van der Waals surface area contributed by atoms with Gasteiger partial charge >= 0.3 is 0 Å². The first-order chi connectivity index (χ1) is 8.99. The lowest BCUT2D eigenvalue weighted by molar-refractivity contribution is -0.122. The van der Waals surface area contributed by atoms with Gasteiger partial charge in [-0.3, -0.25) is 14.5 Å². The molecule has 1 atom stereocenters. The Morgan fingerprint density at radius 2 is 2.21 bits per heavy atom. The molecule has 0 radical (unpaired) electrons. The zero-order valence-electron chi connectivity index (χ0n) is 11.7. The highest BCUT2D eigenvalue weighted by Crippen LogP contribution is 2.20. The summed E-state index contributed by atoms with van der Waals surface area (Å²) in [6.07, 6.45) is 0. The second kappa shape index (κ2) is 7.20. The van der Waals surface area contributed by atoms with Crippen LogP contribution in [0.5, 0.6) is 0 Å². The van der Waals surface area contributed by atoms with Gasteiger partial charge in [-0.15, -0.1) is 11.3 Å². The number of carbonyl (C=O) groups is 2. The summed E-state index contributed by atoms with van der Waals surface area (Å²) in [6, 6.07) is -0.273. The summed E-state index contributed by atoms with van der Waals surface area (Å²) in [6.45, 7) is 6.33. The SMILES string of the molecule is CCN(C(C)=O)c1nc(CNC(C)C(=O)NC)cs1. The van der Waals surface area contributed by atoms with Gasteiger partial charge < -0.3 is 10.6 Å². The predicted octanol–water partition coefficient (Wildman–Crippen LogP) is 0.740. The number of nitrogens with zero attached hydrogens (tertiary/aromatic N) is 2. The van der Waals surface area contributed by atoms with Gasteiger partial charge in [-0.05, 0) is 13.8 Å². The molecule has 0 aliphatic rings. The van der Waals surface area contributed by atoms with Gasteiger partial charge in [0, 0.05) is 32.4 Å². The fourth-order valence-corrected chi connectivity index (χ4v) is 2.49. The molecule has 106 valence electrons. The van der Waals surface area contributed by atoms with E-state index in [4.69, 9.17) is 0 Å². The smallest absolute Gasteiger partial charge is 0.236 e. The maximum absolute atomic E-state index is 11.4. The Morgan fingerprint density at radius 3 is 2.74 bits per heavy atom. The number of hydrogen-bond donors (Lipinski definition) is 2. The number of thiazole rings is 1. The Labute approximate surface area is 117 Å². The van der Waals surface area contributed by atoms with Crippen molar-refractivity contribution < 1.29 is 9.59 Å². The fraction of sp³-hybridized carbons (Fsp3) is 0.583. The third kappa shape index (κ3) is 4.29. The van der Waals surface area contributed by atoms with E-state index in [0.717, 1.165) is 5.69 Å². The van der Waals surface area contributed by atoms with E-state index in [1.54, 1.807) is 18.9 Å². The second-order valence-corrected chi connectivity index (χ2v) is 4.94. The summed E-state index contributed by atoms with van der Waals surface area (Å²) in [5, 5.41) is 8.24. The number of nitrogens with one attached hydrogen (secondary N) is 2. The summed E-state index contributed by atoms with van der Waals surface area (Å²) in [5.41, 5.74) is 0.829. The standard InChI is InChI=1S/C12H20N4O2S/c1-5-16(9(3)17)12-15-10(7-19-12)6-14-8(2)11(18)13-4/h7-8,14H,5-6H2,1-4H3,(H,13,18). The lowest BCUT2D eigenvalue weighted by Crippen LogP contribution is -2.40. The third-order valence-corrected chi connectivity index (χ3v) is 3.61. The molecule has 0 saturated carbocycles. The fourth-order valence-electron chi connectivity index (χ4n) is 1.56. The largest absolute Gasteiger partial charge is 0.358 e. The molecule has 7 heteroatoms. The second-order valence-electron chi connectivity index (χ2n) is 4.10. The van der Waals surface area contributed by atoms with Crippen molar-refractivity contribution in [3.63, 3.8) is 0 Å². The minimum absolute atomic E-state index is 0.0184. The molecule has 1 unspecified atom stereocenters.